The maximum Gasteiger partial charge on any atom is 0.255 e. The van der Waals surface area contributed by atoms with Gasteiger partial charge in [-0.3, -0.25) is 9.59 Å². The normalized spacial score (nSPS) is 14.3. The lowest BCUT2D eigenvalue weighted by Gasteiger charge is -2.23. The Hall–Kier alpha value is -2.90. The summed E-state index contributed by atoms with van der Waals surface area (Å²) >= 11 is 0. The Morgan fingerprint density at radius 2 is 1.62 bits per heavy atom. The predicted molar refractivity (Wildman–Crippen MR) is 108 cm³/mol. The Morgan fingerprint density at radius 1 is 1.00 bits per heavy atom. The van der Waals surface area contributed by atoms with Gasteiger partial charge < -0.3 is 24.4 Å². The zero-order valence-electron chi connectivity index (χ0n) is 16.8. The summed E-state index contributed by atoms with van der Waals surface area (Å²) in [5.74, 6) is 0.222. The van der Waals surface area contributed by atoms with Crippen LogP contribution in [0.25, 0.3) is 0 Å². The molecule has 0 spiro atoms. The van der Waals surface area contributed by atoms with E-state index in [-0.39, 0.29) is 11.7 Å². The number of methoxy groups -OCH3 is 2. The molecule has 1 amide bonds. The highest BCUT2D eigenvalue weighted by molar-refractivity contribution is 6.12. The quantitative estimate of drug-likeness (QED) is 0.635. The van der Waals surface area contributed by atoms with Crippen LogP contribution in [0, 0.1) is 0 Å². The minimum Gasteiger partial charge on any atom is -0.496 e. The fourth-order valence-electron chi connectivity index (χ4n) is 3.36. The maximum atomic E-state index is 12.9. The van der Waals surface area contributed by atoms with Crippen LogP contribution in [0.15, 0.2) is 42.5 Å². The van der Waals surface area contributed by atoms with Crippen molar-refractivity contribution in [1.29, 1.82) is 0 Å². The van der Waals surface area contributed by atoms with Crippen LogP contribution in [-0.4, -0.2) is 65.3 Å². The number of benzene rings is 2. The lowest BCUT2D eigenvalue weighted by Crippen LogP contribution is -3.14. The molecule has 1 aliphatic heterocycles. The third kappa shape index (κ3) is 5.13. The highest BCUT2D eigenvalue weighted by Crippen LogP contribution is 2.30. The maximum absolute atomic E-state index is 12.9. The minimum absolute atomic E-state index is 0.191. The second-order valence-electron chi connectivity index (χ2n) is 6.82. The Balaban J connectivity index is 1.76. The lowest BCUT2D eigenvalue weighted by molar-refractivity contribution is -0.906. The van der Waals surface area contributed by atoms with Crippen molar-refractivity contribution in [2.45, 2.75) is 0 Å². The van der Waals surface area contributed by atoms with E-state index >= 15 is 0 Å². The van der Waals surface area contributed by atoms with Crippen LogP contribution in [0.5, 0.6) is 11.5 Å². The van der Waals surface area contributed by atoms with Crippen molar-refractivity contribution < 1.29 is 28.7 Å². The summed E-state index contributed by atoms with van der Waals surface area (Å²) in [6.45, 7) is 4.78. The molecule has 0 unspecified atom stereocenters. The van der Waals surface area contributed by atoms with Gasteiger partial charge >= 0.3 is 0 Å². The molecule has 1 heterocycles. The summed E-state index contributed by atoms with van der Waals surface area (Å²) in [7, 11) is 2.96. The first-order valence-corrected chi connectivity index (χ1v) is 9.69. The van der Waals surface area contributed by atoms with Gasteiger partial charge in [0.2, 0.25) is 0 Å². The largest absolute Gasteiger partial charge is 0.496 e. The van der Waals surface area contributed by atoms with Crippen molar-refractivity contribution in [2.24, 2.45) is 0 Å². The first-order valence-electron chi connectivity index (χ1n) is 9.69. The molecule has 0 radical (unpaired) electrons. The number of ether oxygens (including phenoxy) is 3. The molecule has 1 aliphatic rings. The van der Waals surface area contributed by atoms with Gasteiger partial charge in [0.05, 0.1) is 51.6 Å². The van der Waals surface area contributed by atoms with Crippen LogP contribution in [-0.2, 0) is 4.74 Å². The predicted octanol–water partition coefficient (Wildman–Crippen LogP) is 0.580. The molecule has 0 saturated carbocycles. The van der Waals surface area contributed by atoms with Crippen LogP contribution in [0.3, 0.4) is 0 Å². The third-order valence-corrected chi connectivity index (χ3v) is 5.01. The van der Waals surface area contributed by atoms with Gasteiger partial charge in [-0.05, 0) is 12.1 Å². The molecule has 2 N–H and O–H groups in total. The van der Waals surface area contributed by atoms with Crippen molar-refractivity contribution >= 4 is 11.7 Å². The van der Waals surface area contributed by atoms with Gasteiger partial charge in [0.1, 0.15) is 24.6 Å². The van der Waals surface area contributed by atoms with E-state index in [2.05, 4.69) is 5.32 Å². The number of hydrogen-bond donors (Lipinski definition) is 2. The van der Waals surface area contributed by atoms with Crippen molar-refractivity contribution in [3.63, 3.8) is 0 Å². The van der Waals surface area contributed by atoms with Crippen molar-refractivity contribution in [2.75, 3.05) is 53.6 Å². The van der Waals surface area contributed by atoms with E-state index in [0.29, 0.717) is 34.7 Å². The Bertz CT molecular complexity index is 848. The number of quaternary nitrogens is 1. The second-order valence-corrected chi connectivity index (χ2v) is 6.82. The lowest BCUT2D eigenvalue weighted by atomic mass is 9.99. The molecule has 0 atom stereocenters. The van der Waals surface area contributed by atoms with E-state index in [1.165, 1.54) is 19.1 Å². The van der Waals surface area contributed by atoms with E-state index in [4.69, 9.17) is 14.2 Å². The summed E-state index contributed by atoms with van der Waals surface area (Å²) in [6, 6.07) is 12.1. The number of ketones is 1. The molecule has 1 saturated heterocycles. The number of hydrogen-bond acceptors (Lipinski definition) is 5. The highest BCUT2D eigenvalue weighted by Gasteiger charge is 2.22. The molecular formula is C22H27N2O5+. The topological polar surface area (TPSA) is 78.3 Å². The fraction of sp³-hybridized carbons (Fsp3) is 0.364. The van der Waals surface area contributed by atoms with E-state index in [1.54, 1.807) is 36.4 Å². The molecule has 0 aliphatic carbocycles. The summed E-state index contributed by atoms with van der Waals surface area (Å²) in [5.41, 5.74) is 1.23. The molecule has 0 aromatic heterocycles. The van der Waals surface area contributed by atoms with Crippen LogP contribution < -0.4 is 19.7 Å². The molecule has 7 nitrogen and oxygen atoms in total. The summed E-state index contributed by atoms with van der Waals surface area (Å²) < 4.78 is 16.2. The number of rotatable bonds is 8. The molecular weight excluding hydrogens is 372 g/mol. The second kappa shape index (κ2) is 10.0. The average Bonchev–Trinajstić information content (AvgIpc) is 2.78. The molecule has 1 fully saturated rings. The monoisotopic (exact) mass is 399 g/mol. The average molecular weight is 399 g/mol. The smallest absolute Gasteiger partial charge is 0.255 e. The fourth-order valence-corrected chi connectivity index (χ4v) is 3.36. The number of nitrogens with one attached hydrogen (secondary N) is 2. The summed E-state index contributed by atoms with van der Waals surface area (Å²) in [4.78, 5) is 27.0. The standard InChI is InChI=1S/C22H26N2O5/c1-27-19-15-18(22(26)23-8-9-24-10-12-29-13-11-24)20(28-2)14-17(19)21(25)16-6-4-3-5-7-16/h3-7,14-15H,8-13H2,1-2H3,(H,23,26)/p+1. The summed E-state index contributed by atoms with van der Waals surface area (Å²) in [5, 5.41) is 2.93. The zero-order chi connectivity index (χ0) is 20.6. The number of carbonyl (C=O) groups is 2. The SMILES string of the molecule is COc1cc(C(=O)c2ccccc2)c(OC)cc1C(=O)NCC[NH+]1CCOCC1. The molecule has 0 bridgehead atoms. The molecule has 7 heteroatoms. The molecule has 29 heavy (non-hydrogen) atoms. The van der Waals surface area contributed by atoms with Crippen LogP contribution >= 0.6 is 0 Å². The number of carbonyl (C=O) groups excluding carboxylic acids is 2. The zero-order valence-corrected chi connectivity index (χ0v) is 16.8. The van der Waals surface area contributed by atoms with Gasteiger partial charge in [0.25, 0.3) is 5.91 Å². The van der Waals surface area contributed by atoms with Gasteiger partial charge in [-0.2, -0.15) is 0 Å². The van der Waals surface area contributed by atoms with Crippen LogP contribution in [0.2, 0.25) is 0 Å². The first kappa shape index (κ1) is 20.8. The van der Waals surface area contributed by atoms with E-state index in [0.717, 1.165) is 32.8 Å². The van der Waals surface area contributed by atoms with Gasteiger partial charge in [-0.25, -0.2) is 0 Å². The molecule has 154 valence electrons. The van der Waals surface area contributed by atoms with Gasteiger partial charge in [0, 0.05) is 5.56 Å². The van der Waals surface area contributed by atoms with Gasteiger partial charge in [-0.15, -0.1) is 0 Å². The Morgan fingerprint density at radius 3 is 2.28 bits per heavy atom. The number of amides is 1. The third-order valence-electron chi connectivity index (χ3n) is 5.01. The molecule has 2 aromatic carbocycles. The van der Waals surface area contributed by atoms with Crippen LogP contribution in [0.1, 0.15) is 26.3 Å². The Kier molecular flexibility index (Phi) is 7.21. The molecule has 2 aromatic rings. The van der Waals surface area contributed by atoms with E-state index < -0.39 is 0 Å². The minimum atomic E-state index is -0.258. The Labute approximate surface area is 170 Å². The van der Waals surface area contributed by atoms with E-state index in [9.17, 15) is 9.59 Å². The van der Waals surface area contributed by atoms with Crippen LogP contribution in [0.4, 0.5) is 0 Å². The van der Waals surface area contributed by atoms with Crippen molar-refractivity contribution in [1.82, 2.24) is 5.32 Å². The highest BCUT2D eigenvalue weighted by atomic mass is 16.5. The first-order chi connectivity index (χ1) is 14.1. The van der Waals surface area contributed by atoms with Gasteiger partial charge in [0.15, 0.2) is 5.78 Å². The van der Waals surface area contributed by atoms with Crippen molar-refractivity contribution in [3.8, 4) is 11.5 Å². The summed E-state index contributed by atoms with van der Waals surface area (Å²) in [6.07, 6.45) is 0. The van der Waals surface area contributed by atoms with Crippen molar-refractivity contribution in [3.05, 3.63) is 59.2 Å². The number of morpholine rings is 1. The van der Waals surface area contributed by atoms with E-state index in [1.807, 2.05) is 6.07 Å². The molecule has 3 rings (SSSR count). The van der Waals surface area contributed by atoms with Gasteiger partial charge in [-0.1, -0.05) is 30.3 Å².